The summed E-state index contributed by atoms with van der Waals surface area (Å²) in [4.78, 5) is 35.3. The number of carbonyl (C=O) groups excluding carboxylic acids is 2. The van der Waals surface area contributed by atoms with Crippen molar-refractivity contribution in [3.05, 3.63) is 64.9 Å². The molecule has 1 aromatic heterocycles. The van der Waals surface area contributed by atoms with Crippen LogP contribution in [0.25, 0.3) is 11.1 Å². The molecule has 0 bridgehead atoms. The molecule has 8 nitrogen and oxygen atoms in total. The maximum absolute atomic E-state index is 13.4. The molecule has 0 aliphatic carbocycles. The lowest BCUT2D eigenvalue weighted by Gasteiger charge is -2.09. The van der Waals surface area contributed by atoms with Gasteiger partial charge in [0.25, 0.3) is 5.91 Å². The molecule has 0 radical (unpaired) electrons. The van der Waals surface area contributed by atoms with Gasteiger partial charge in [-0.1, -0.05) is 24.3 Å². The van der Waals surface area contributed by atoms with Crippen LogP contribution in [0.2, 0.25) is 0 Å². The quantitative estimate of drug-likeness (QED) is 0.635. The zero-order valence-corrected chi connectivity index (χ0v) is 14.1. The molecule has 0 saturated heterocycles. The van der Waals surface area contributed by atoms with Crippen molar-refractivity contribution in [1.82, 2.24) is 15.4 Å². The average Bonchev–Trinajstić information content (AvgIpc) is 2.99. The fraction of sp³-hybridized carbons (Fsp3) is 0.167. The first kappa shape index (κ1) is 18.2. The Morgan fingerprint density at radius 3 is 2.56 bits per heavy atom. The Kier molecular flexibility index (Phi) is 5.50. The predicted molar refractivity (Wildman–Crippen MR) is 93.3 cm³/mol. The van der Waals surface area contributed by atoms with Gasteiger partial charge in [0.2, 0.25) is 5.91 Å². The fourth-order valence-electron chi connectivity index (χ4n) is 2.38. The normalized spacial score (nSPS) is 10.6. The second-order valence-electron chi connectivity index (χ2n) is 5.55. The van der Waals surface area contributed by atoms with Crippen LogP contribution in [0.15, 0.2) is 57.7 Å². The largest absolute Gasteiger partial charge is 0.481 e. The average molecular weight is 373 g/mol. The number of aryl methyl sites for hydroxylation is 1. The summed E-state index contributed by atoms with van der Waals surface area (Å²) >= 11 is 0. The number of hydrogen-bond donors (Lipinski definition) is 2. The van der Waals surface area contributed by atoms with E-state index in [1.807, 2.05) is 0 Å². The summed E-state index contributed by atoms with van der Waals surface area (Å²) in [5.41, 5.74) is 5.38. The Morgan fingerprint density at radius 1 is 1.04 bits per heavy atom. The van der Waals surface area contributed by atoms with Crippen molar-refractivity contribution in [2.24, 2.45) is 0 Å². The minimum atomic E-state index is -0.655. The van der Waals surface area contributed by atoms with Crippen LogP contribution in [0.1, 0.15) is 6.42 Å². The summed E-state index contributed by atoms with van der Waals surface area (Å²) in [6, 6.07) is 12.5. The Bertz CT molecular complexity index is 1030. The van der Waals surface area contributed by atoms with Crippen LogP contribution < -0.4 is 21.3 Å². The van der Waals surface area contributed by atoms with Crippen molar-refractivity contribution in [2.75, 3.05) is 6.61 Å². The van der Waals surface area contributed by atoms with Crippen molar-refractivity contribution in [2.45, 2.75) is 13.0 Å². The molecule has 3 aromatic rings. The van der Waals surface area contributed by atoms with Gasteiger partial charge in [0, 0.05) is 13.0 Å². The van der Waals surface area contributed by atoms with E-state index in [1.165, 1.54) is 22.8 Å². The molecule has 3 rings (SSSR count). The van der Waals surface area contributed by atoms with E-state index in [2.05, 4.69) is 10.9 Å². The van der Waals surface area contributed by atoms with Gasteiger partial charge >= 0.3 is 5.76 Å². The summed E-state index contributed by atoms with van der Waals surface area (Å²) in [6.45, 7) is -0.379. The number of carbonyl (C=O) groups is 2. The van der Waals surface area contributed by atoms with Gasteiger partial charge in [-0.05, 0) is 24.3 Å². The third-order valence-electron chi connectivity index (χ3n) is 3.67. The van der Waals surface area contributed by atoms with E-state index in [-0.39, 0.29) is 18.7 Å². The second-order valence-corrected chi connectivity index (χ2v) is 5.55. The lowest BCUT2D eigenvalue weighted by atomic mass is 10.3. The number of hydrazine groups is 1. The third-order valence-corrected chi connectivity index (χ3v) is 3.67. The summed E-state index contributed by atoms with van der Waals surface area (Å²) < 4.78 is 24.8. The summed E-state index contributed by atoms with van der Waals surface area (Å²) in [5, 5.41) is 0. The Morgan fingerprint density at radius 2 is 1.74 bits per heavy atom. The maximum atomic E-state index is 13.4. The van der Waals surface area contributed by atoms with E-state index in [9.17, 15) is 18.8 Å². The molecule has 0 saturated carbocycles. The van der Waals surface area contributed by atoms with E-state index in [0.717, 1.165) is 0 Å². The van der Waals surface area contributed by atoms with Gasteiger partial charge in [0.1, 0.15) is 0 Å². The van der Waals surface area contributed by atoms with Gasteiger partial charge in [0.05, 0.1) is 5.52 Å². The van der Waals surface area contributed by atoms with Crippen LogP contribution in [0, 0.1) is 5.82 Å². The monoisotopic (exact) mass is 373 g/mol. The van der Waals surface area contributed by atoms with Crippen molar-refractivity contribution in [3.8, 4) is 5.75 Å². The highest BCUT2D eigenvalue weighted by atomic mass is 19.1. The zero-order valence-electron chi connectivity index (χ0n) is 14.1. The van der Waals surface area contributed by atoms with Gasteiger partial charge in [-0.3, -0.25) is 25.0 Å². The number of fused-ring (bicyclic) bond motifs is 1. The number of rotatable bonds is 6. The van der Waals surface area contributed by atoms with E-state index in [1.54, 1.807) is 30.3 Å². The smallest absolute Gasteiger partial charge is 0.419 e. The standard InChI is InChI=1S/C18H16FN3O5/c19-12-5-1-3-7-14(12)26-11-17(24)21-20-16(23)9-10-22-13-6-2-4-8-15(13)27-18(22)25/h1-8H,9-11H2,(H,20,23)(H,21,24). The number of hydrogen-bond acceptors (Lipinski definition) is 5. The molecule has 9 heteroatoms. The lowest BCUT2D eigenvalue weighted by Crippen LogP contribution is -2.44. The van der Waals surface area contributed by atoms with Crippen molar-refractivity contribution in [3.63, 3.8) is 0 Å². The number of ether oxygens (including phenoxy) is 1. The molecular formula is C18H16FN3O5. The van der Waals surface area contributed by atoms with E-state index < -0.39 is 30.0 Å². The minimum Gasteiger partial charge on any atom is -0.481 e. The molecule has 0 aliphatic heterocycles. The van der Waals surface area contributed by atoms with Crippen LogP contribution in [0.4, 0.5) is 4.39 Å². The third kappa shape index (κ3) is 4.51. The van der Waals surface area contributed by atoms with Crippen molar-refractivity contribution < 1.29 is 23.1 Å². The number of nitrogens with one attached hydrogen (secondary N) is 2. The molecule has 1 heterocycles. The molecular weight excluding hydrogens is 357 g/mol. The minimum absolute atomic E-state index is 0.0577. The Hall–Kier alpha value is -3.62. The summed E-state index contributed by atoms with van der Waals surface area (Å²) in [6.07, 6.45) is -0.0577. The number of aromatic nitrogens is 1. The zero-order chi connectivity index (χ0) is 19.2. The highest BCUT2D eigenvalue weighted by Crippen LogP contribution is 2.15. The highest BCUT2D eigenvalue weighted by molar-refractivity contribution is 5.82. The molecule has 0 atom stereocenters. The van der Waals surface area contributed by atoms with Crippen LogP contribution in [0.5, 0.6) is 5.75 Å². The highest BCUT2D eigenvalue weighted by Gasteiger charge is 2.11. The second kappa shape index (κ2) is 8.17. The van der Waals surface area contributed by atoms with E-state index >= 15 is 0 Å². The summed E-state index contributed by atoms with van der Waals surface area (Å²) in [7, 11) is 0. The van der Waals surface area contributed by atoms with E-state index in [0.29, 0.717) is 11.1 Å². The number of nitrogens with zero attached hydrogens (tertiary/aromatic N) is 1. The van der Waals surface area contributed by atoms with Crippen LogP contribution in [-0.2, 0) is 16.1 Å². The molecule has 0 spiro atoms. The van der Waals surface area contributed by atoms with Crippen molar-refractivity contribution in [1.29, 1.82) is 0 Å². The molecule has 0 aliphatic rings. The molecule has 27 heavy (non-hydrogen) atoms. The lowest BCUT2D eigenvalue weighted by molar-refractivity contribution is -0.130. The molecule has 0 unspecified atom stereocenters. The number of para-hydroxylation sites is 3. The fourth-order valence-corrected chi connectivity index (χ4v) is 2.38. The number of halogens is 1. The van der Waals surface area contributed by atoms with Crippen molar-refractivity contribution >= 4 is 22.9 Å². The molecule has 2 amide bonds. The number of amides is 2. The van der Waals surface area contributed by atoms with Gasteiger partial charge in [0.15, 0.2) is 23.8 Å². The van der Waals surface area contributed by atoms with Gasteiger partial charge in [-0.2, -0.15) is 0 Å². The molecule has 2 N–H and O–H groups in total. The number of oxazole rings is 1. The van der Waals surface area contributed by atoms with Gasteiger partial charge < -0.3 is 9.15 Å². The van der Waals surface area contributed by atoms with Crippen LogP contribution in [-0.4, -0.2) is 23.0 Å². The van der Waals surface area contributed by atoms with Crippen LogP contribution >= 0.6 is 0 Å². The molecule has 0 fully saturated rings. The predicted octanol–water partition coefficient (Wildman–Crippen LogP) is 1.35. The number of benzene rings is 2. The molecule has 140 valence electrons. The van der Waals surface area contributed by atoms with Crippen LogP contribution in [0.3, 0.4) is 0 Å². The SMILES string of the molecule is O=C(CCn1c(=O)oc2ccccc21)NNC(=O)COc1ccccc1F. The first-order valence-electron chi connectivity index (χ1n) is 8.08. The first-order valence-corrected chi connectivity index (χ1v) is 8.08. The van der Waals surface area contributed by atoms with Gasteiger partial charge in [-0.15, -0.1) is 0 Å². The first-order chi connectivity index (χ1) is 13.0. The molecule has 2 aromatic carbocycles. The topological polar surface area (TPSA) is 103 Å². The van der Waals surface area contributed by atoms with E-state index in [4.69, 9.17) is 9.15 Å². The van der Waals surface area contributed by atoms with Gasteiger partial charge in [-0.25, -0.2) is 9.18 Å². The Labute approximate surface area is 152 Å². The Balaban J connectivity index is 1.45. The summed E-state index contributed by atoms with van der Waals surface area (Å²) in [5.74, 6) is -2.38. The maximum Gasteiger partial charge on any atom is 0.419 e.